The van der Waals surface area contributed by atoms with E-state index in [0.29, 0.717) is 34.6 Å². The van der Waals surface area contributed by atoms with E-state index in [9.17, 15) is 9.90 Å². The number of nitrogens with zero attached hydrogens (tertiary/aromatic N) is 1. The van der Waals surface area contributed by atoms with Gasteiger partial charge in [-0.15, -0.1) is 0 Å². The van der Waals surface area contributed by atoms with Crippen molar-refractivity contribution in [2.45, 2.75) is 89.7 Å². The normalized spacial score (nSPS) is 11.6. The van der Waals surface area contributed by atoms with Crippen LogP contribution in [-0.2, 0) is 4.79 Å². The molecule has 0 aliphatic rings. The van der Waals surface area contributed by atoms with E-state index in [0.717, 1.165) is 37.1 Å². The van der Waals surface area contributed by atoms with Crippen LogP contribution in [0.25, 0.3) is 11.1 Å². The van der Waals surface area contributed by atoms with Crippen LogP contribution in [0, 0.1) is 0 Å². The Morgan fingerprint density at radius 1 is 0.971 bits per heavy atom. The third kappa shape index (κ3) is 7.52. The Labute approximate surface area is 207 Å². The quantitative estimate of drug-likeness (QED) is 0.189. The Balaban J connectivity index is 1.30. The lowest BCUT2D eigenvalue weighted by Crippen LogP contribution is -2.15. The van der Waals surface area contributed by atoms with Crippen molar-refractivity contribution in [1.82, 2.24) is 4.98 Å². The summed E-state index contributed by atoms with van der Waals surface area (Å²) in [7, 11) is 0. The maximum absolute atomic E-state index is 12.6. The molecule has 3 rings (SSSR count). The lowest BCUT2D eigenvalue weighted by molar-refractivity contribution is -0.116. The molecule has 2 aromatic carbocycles. The molecule has 0 atom stereocenters. The number of nitrogens with one attached hydrogen (secondary N) is 1. The molecule has 1 heterocycles. The summed E-state index contributed by atoms with van der Waals surface area (Å²) in [5, 5.41) is 13.4. The van der Waals surface area contributed by atoms with E-state index in [1.807, 2.05) is 0 Å². The van der Waals surface area contributed by atoms with Crippen molar-refractivity contribution in [3.8, 4) is 5.75 Å². The standard InChI is InChI=1S/C28H38N2O3S/c1-19(2)22-12-11-13-23(20(3)4)27(22)30-26(32)14-9-7-5-6-8-10-17-34-28-29-24-18-21(31)15-16-25(24)33-28/h11-13,15-16,18-20,31H,5-10,14,17H2,1-4H3,(H,30,32). The lowest BCUT2D eigenvalue weighted by Gasteiger charge is -2.20. The van der Waals surface area contributed by atoms with Gasteiger partial charge in [0.2, 0.25) is 5.91 Å². The number of anilines is 1. The molecule has 0 fully saturated rings. The van der Waals surface area contributed by atoms with Crippen LogP contribution in [0.3, 0.4) is 0 Å². The van der Waals surface area contributed by atoms with Gasteiger partial charge in [-0.05, 0) is 47.9 Å². The number of phenolic OH excluding ortho intramolecular Hbond substituents is 1. The summed E-state index contributed by atoms with van der Waals surface area (Å²) in [5.41, 5.74) is 4.85. The molecule has 0 spiro atoms. The van der Waals surface area contributed by atoms with Crippen molar-refractivity contribution in [2.75, 3.05) is 11.1 Å². The number of unbranched alkanes of at least 4 members (excludes halogenated alkanes) is 5. The molecule has 6 heteroatoms. The number of fused-ring (bicyclic) bond motifs is 1. The largest absolute Gasteiger partial charge is 0.508 e. The van der Waals surface area contributed by atoms with Gasteiger partial charge in [-0.2, -0.15) is 0 Å². The monoisotopic (exact) mass is 482 g/mol. The number of hydrogen-bond acceptors (Lipinski definition) is 5. The van der Waals surface area contributed by atoms with Gasteiger partial charge in [0, 0.05) is 23.9 Å². The lowest BCUT2D eigenvalue weighted by atomic mass is 9.92. The van der Waals surface area contributed by atoms with Crippen LogP contribution in [-0.4, -0.2) is 21.8 Å². The van der Waals surface area contributed by atoms with E-state index in [1.54, 1.807) is 30.0 Å². The van der Waals surface area contributed by atoms with Crippen molar-refractivity contribution in [3.05, 3.63) is 47.5 Å². The third-order valence-electron chi connectivity index (χ3n) is 6.01. The topological polar surface area (TPSA) is 75.4 Å². The van der Waals surface area contributed by atoms with E-state index in [1.165, 1.54) is 24.0 Å². The van der Waals surface area contributed by atoms with Crippen LogP contribution in [0.5, 0.6) is 5.75 Å². The van der Waals surface area contributed by atoms with Crippen LogP contribution >= 0.6 is 11.8 Å². The third-order valence-corrected chi connectivity index (χ3v) is 6.93. The van der Waals surface area contributed by atoms with Crippen molar-refractivity contribution in [3.63, 3.8) is 0 Å². The average Bonchev–Trinajstić information content (AvgIpc) is 3.19. The molecule has 1 amide bonds. The van der Waals surface area contributed by atoms with Crippen molar-refractivity contribution in [2.24, 2.45) is 0 Å². The first kappa shape index (κ1) is 26.1. The maximum atomic E-state index is 12.6. The molecular formula is C28H38N2O3S. The van der Waals surface area contributed by atoms with Crippen molar-refractivity contribution >= 4 is 34.5 Å². The minimum absolute atomic E-state index is 0.123. The molecular weight excluding hydrogens is 444 g/mol. The fourth-order valence-electron chi connectivity index (χ4n) is 4.11. The van der Waals surface area contributed by atoms with Crippen LogP contribution < -0.4 is 5.32 Å². The highest BCUT2D eigenvalue weighted by atomic mass is 32.2. The summed E-state index contributed by atoms with van der Waals surface area (Å²) in [4.78, 5) is 17.0. The van der Waals surface area contributed by atoms with Gasteiger partial charge >= 0.3 is 0 Å². The Hall–Kier alpha value is -2.47. The summed E-state index contributed by atoms with van der Waals surface area (Å²) >= 11 is 1.62. The number of para-hydroxylation sites is 1. The minimum atomic E-state index is 0.123. The number of rotatable bonds is 13. The van der Waals surface area contributed by atoms with Gasteiger partial charge in [-0.3, -0.25) is 4.79 Å². The number of oxazole rings is 1. The van der Waals surface area contributed by atoms with E-state index in [2.05, 4.69) is 56.2 Å². The number of amides is 1. The van der Waals surface area contributed by atoms with E-state index < -0.39 is 0 Å². The summed E-state index contributed by atoms with van der Waals surface area (Å²) in [6.07, 6.45) is 7.19. The second-order valence-electron chi connectivity index (χ2n) is 9.52. The van der Waals surface area contributed by atoms with Crippen molar-refractivity contribution in [1.29, 1.82) is 0 Å². The maximum Gasteiger partial charge on any atom is 0.256 e. The molecule has 0 bridgehead atoms. The Morgan fingerprint density at radius 3 is 2.29 bits per heavy atom. The highest BCUT2D eigenvalue weighted by molar-refractivity contribution is 7.99. The highest BCUT2D eigenvalue weighted by Crippen LogP contribution is 2.32. The van der Waals surface area contributed by atoms with Crippen LogP contribution in [0.2, 0.25) is 0 Å². The molecule has 0 saturated heterocycles. The Bertz CT molecular complexity index is 1050. The molecule has 1 aromatic heterocycles. The van der Waals surface area contributed by atoms with Crippen molar-refractivity contribution < 1.29 is 14.3 Å². The van der Waals surface area contributed by atoms with Crippen LogP contribution in [0.4, 0.5) is 5.69 Å². The summed E-state index contributed by atoms with van der Waals surface area (Å²) < 4.78 is 5.69. The number of hydrogen-bond donors (Lipinski definition) is 2. The van der Waals surface area contributed by atoms with Gasteiger partial charge in [0.25, 0.3) is 5.22 Å². The number of aromatic nitrogens is 1. The average molecular weight is 483 g/mol. The van der Waals surface area contributed by atoms with Gasteiger partial charge in [-0.1, -0.05) is 83.3 Å². The number of aromatic hydroxyl groups is 1. The first-order valence-electron chi connectivity index (χ1n) is 12.5. The summed E-state index contributed by atoms with van der Waals surface area (Å²) in [5.74, 6) is 2.05. The van der Waals surface area contributed by atoms with E-state index in [-0.39, 0.29) is 11.7 Å². The Kier molecular flexibility index (Phi) is 9.87. The fourth-order valence-corrected chi connectivity index (χ4v) is 4.94. The van der Waals surface area contributed by atoms with Crippen LogP contribution in [0.1, 0.15) is 95.6 Å². The minimum Gasteiger partial charge on any atom is -0.508 e. The summed E-state index contributed by atoms with van der Waals surface area (Å²) in [6.45, 7) is 8.69. The van der Waals surface area contributed by atoms with Crippen LogP contribution in [0.15, 0.2) is 46.0 Å². The molecule has 0 saturated carbocycles. The SMILES string of the molecule is CC(C)c1cccc(C(C)C)c1NC(=O)CCCCCCCCSc1nc2cc(O)ccc2o1. The Morgan fingerprint density at radius 2 is 1.62 bits per heavy atom. The number of benzene rings is 2. The zero-order chi connectivity index (χ0) is 24.5. The highest BCUT2D eigenvalue weighted by Gasteiger charge is 2.15. The molecule has 3 aromatic rings. The number of phenols is 1. The second kappa shape index (κ2) is 12.8. The zero-order valence-electron chi connectivity index (χ0n) is 20.9. The number of carbonyl (C=O) groups is 1. The smallest absolute Gasteiger partial charge is 0.256 e. The first-order valence-corrected chi connectivity index (χ1v) is 13.5. The first-order chi connectivity index (χ1) is 16.3. The molecule has 0 unspecified atom stereocenters. The fraction of sp³-hybridized carbons (Fsp3) is 0.500. The van der Waals surface area contributed by atoms with Gasteiger partial charge in [0.05, 0.1) is 0 Å². The molecule has 34 heavy (non-hydrogen) atoms. The number of thioether (sulfide) groups is 1. The van der Waals surface area contributed by atoms with Gasteiger partial charge in [-0.25, -0.2) is 4.98 Å². The molecule has 184 valence electrons. The second-order valence-corrected chi connectivity index (χ2v) is 10.6. The molecule has 0 aliphatic heterocycles. The van der Waals surface area contributed by atoms with Gasteiger partial charge in [0.15, 0.2) is 5.58 Å². The van der Waals surface area contributed by atoms with Gasteiger partial charge < -0.3 is 14.8 Å². The molecule has 2 N–H and O–H groups in total. The molecule has 0 radical (unpaired) electrons. The summed E-state index contributed by atoms with van der Waals surface area (Å²) in [6, 6.07) is 11.3. The molecule has 0 aliphatic carbocycles. The predicted molar refractivity (Wildman–Crippen MR) is 142 cm³/mol. The molecule has 5 nitrogen and oxygen atoms in total. The van der Waals surface area contributed by atoms with Gasteiger partial charge in [0.1, 0.15) is 11.3 Å². The van der Waals surface area contributed by atoms with E-state index >= 15 is 0 Å². The number of carbonyl (C=O) groups excluding carboxylic acids is 1. The van der Waals surface area contributed by atoms with E-state index in [4.69, 9.17) is 4.42 Å². The zero-order valence-corrected chi connectivity index (χ0v) is 21.7. The predicted octanol–water partition coefficient (Wildman–Crippen LogP) is 8.24.